The van der Waals surface area contributed by atoms with Crippen molar-refractivity contribution in [3.05, 3.63) is 65.2 Å². The predicted octanol–water partition coefficient (Wildman–Crippen LogP) is 3.97. The third kappa shape index (κ3) is 2.97. The molecule has 0 aromatic heterocycles. The summed E-state index contributed by atoms with van der Waals surface area (Å²) in [6, 6.07) is 15.6. The second kappa shape index (κ2) is 6.55. The Morgan fingerprint density at radius 2 is 1.75 bits per heavy atom. The van der Waals surface area contributed by atoms with Crippen LogP contribution in [-0.4, -0.2) is 11.7 Å². The summed E-state index contributed by atoms with van der Waals surface area (Å²) in [7, 11) is -3.50. The van der Waals surface area contributed by atoms with Gasteiger partial charge < -0.3 is 9.63 Å². The first kappa shape index (κ1) is 15.3. The van der Waals surface area contributed by atoms with E-state index in [0.29, 0.717) is 15.9 Å². The molecule has 0 heterocycles. The van der Waals surface area contributed by atoms with Crippen LogP contribution in [0.5, 0.6) is 0 Å². The third-order valence-corrected chi connectivity index (χ3v) is 6.04. The van der Waals surface area contributed by atoms with Crippen molar-refractivity contribution in [1.29, 1.82) is 0 Å². The smallest absolute Gasteiger partial charge is 0.265 e. The normalized spacial score (nSPS) is 15.6. The van der Waals surface area contributed by atoms with Crippen molar-refractivity contribution in [3.8, 4) is 0 Å². The predicted molar refractivity (Wildman–Crippen MR) is 81.7 cm³/mol. The van der Waals surface area contributed by atoms with Crippen molar-refractivity contribution < 1.29 is 14.2 Å². The molecule has 2 rings (SSSR count). The van der Waals surface area contributed by atoms with Gasteiger partial charge in [0.2, 0.25) is 0 Å². The topological polar surface area (TPSA) is 46.5 Å². The Kier molecular flexibility index (Phi) is 5.00. The van der Waals surface area contributed by atoms with E-state index in [1.54, 1.807) is 55.5 Å². The van der Waals surface area contributed by atoms with E-state index in [9.17, 15) is 9.67 Å². The van der Waals surface area contributed by atoms with Gasteiger partial charge in [0.1, 0.15) is 0 Å². The fourth-order valence-electron chi connectivity index (χ4n) is 1.99. The highest BCUT2D eigenvalue weighted by Gasteiger charge is 2.37. The first-order chi connectivity index (χ1) is 9.59. The highest BCUT2D eigenvalue weighted by Crippen LogP contribution is 2.58. The lowest BCUT2D eigenvalue weighted by Crippen LogP contribution is -2.15. The van der Waals surface area contributed by atoms with Crippen LogP contribution in [0.1, 0.15) is 18.3 Å². The van der Waals surface area contributed by atoms with Gasteiger partial charge in [0, 0.05) is 0 Å². The minimum absolute atomic E-state index is 0.229. The van der Waals surface area contributed by atoms with Gasteiger partial charge in [0.05, 0.1) is 16.9 Å². The standard InChI is InChI=1S/C15H16ClO3P/c1-2-19-20(18,14-11-7-6-10-13(14)16)15(17)12-8-4-3-5-9-12/h3-11,15,17H,2H2,1H3. The summed E-state index contributed by atoms with van der Waals surface area (Å²) < 4.78 is 18.6. The molecule has 20 heavy (non-hydrogen) atoms. The quantitative estimate of drug-likeness (QED) is 0.850. The zero-order chi connectivity index (χ0) is 14.6. The molecular formula is C15H16ClO3P. The fraction of sp³-hybridized carbons (Fsp3) is 0.200. The first-order valence-corrected chi connectivity index (χ1v) is 8.39. The monoisotopic (exact) mass is 310 g/mol. The second-order valence-corrected chi connectivity index (χ2v) is 7.08. The highest BCUT2D eigenvalue weighted by molar-refractivity contribution is 7.67. The summed E-state index contributed by atoms with van der Waals surface area (Å²) in [5.41, 5.74) is 0.546. The SMILES string of the molecule is CCOP(=O)(c1ccccc1Cl)C(O)c1ccccc1. The maximum absolute atomic E-state index is 13.2. The number of rotatable bonds is 5. The van der Waals surface area contributed by atoms with E-state index in [0.717, 1.165) is 0 Å². The summed E-state index contributed by atoms with van der Waals surface area (Å²) in [5, 5.41) is 11.2. The van der Waals surface area contributed by atoms with Crippen molar-refractivity contribution >= 4 is 24.3 Å². The number of benzene rings is 2. The molecule has 0 aliphatic carbocycles. The van der Waals surface area contributed by atoms with Gasteiger partial charge in [-0.2, -0.15) is 0 Å². The molecule has 0 bridgehead atoms. The van der Waals surface area contributed by atoms with Crippen LogP contribution in [0.4, 0.5) is 0 Å². The Hall–Kier alpha value is -1.12. The Balaban J connectivity index is 2.50. The number of aliphatic hydroxyl groups excluding tert-OH is 1. The molecule has 1 N–H and O–H groups in total. The maximum atomic E-state index is 13.2. The summed E-state index contributed by atoms with van der Waals surface area (Å²) in [5.74, 6) is -1.23. The van der Waals surface area contributed by atoms with E-state index in [4.69, 9.17) is 16.1 Å². The van der Waals surface area contributed by atoms with Crippen LogP contribution in [-0.2, 0) is 9.09 Å². The van der Waals surface area contributed by atoms with Gasteiger partial charge in [0.15, 0.2) is 5.85 Å². The van der Waals surface area contributed by atoms with Crippen LogP contribution in [0.3, 0.4) is 0 Å². The second-order valence-electron chi connectivity index (χ2n) is 4.25. The average Bonchev–Trinajstić information content (AvgIpc) is 2.48. The molecule has 5 heteroatoms. The fourth-order valence-corrected chi connectivity index (χ4v) is 4.64. The Bertz CT molecular complexity index is 616. The van der Waals surface area contributed by atoms with Gasteiger partial charge in [0.25, 0.3) is 7.37 Å². The summed E-state index contributed by atoms with van der Waals surface area (Å²) in [4.78, 5) is 0. The van der Waals surface area contributed by atoms with Crippen LogP contribution in [0.25, 0.3) is 0 Å². The average molecular weight is 311 g/mol. The number of hydrogen-bond acceptors (Lipinski definition) is 3. The maximum Gasteiger partial charge on any atom is 0.265 e. The Morgan fingerprint density at radius 3 is 2.35 bits per heavy atom. The molecule has 106 valence electrons. The van der Waals surface area contributed by atoms with Crippen molar-refractivity contribution in [1.82, 2.24) is 0 Å². The Morgan fingerprint density at radius 1 is 1.15 bits per heavy atom. The van der Waals surface area contributed by atoms with Crippen LogP contribution in [0, 0.1) is 0 Å². The van der Waals surface area contributed by atoms with E-state index < -0.39 is 13.2 Å². The number of aliphatic hydroxyl groups is 1. The van der Waals surface area contributed by atoms with Gasteiger partial charge >= 0.3 is 0 Å². The van der Waals surface area contributed by atoms with Gasteiger partial charge in [-0.25, -0.2) is 0 Å². The molecule has 2 unspecified atom stereocenters. The van der Waals surface area contributed by atoms with Crippen LogP contribution >= 0.6 is 19.0 Å². The molecule has 0 aliphatic heterocycles. The summed E-state index contributed by atoms with van der Waals surface area (Å²) in [6.07, 6.45) is 0. The third-order valence-electron chi connectivity index (χ3n) is 2.93. The number of halogens is 1. The van der Waals surface area contributed by atoms with E-state index in [1.807, 2.05) is 6.07 Å². The van der Waals surface area contributed by atoms with Gasteiger partial charge in [-0.3, -0.25) is 4.57 Å². The molecule has 2 aromatic carbocycles. The molecule has 0 saturated heterocycles. The number of hydrogen-bond donors (Lipinski definition) is 1. The van der Waals surface area contributed by atoms with Crippen LogP contribution in [0.15, 0.2) is 54.6 Å². The molecule has 0 fully saturated rings. The lowest BCUT2D eigenvalue weighted by Gasteiger charge is -2.24. The van der Waals surface area contributed by atoms with Crippen molar-refractivity contribution in [2.45, 2.75) is 12.8 Å². The molecule has 0 amide bonds. The summed E-state index contributed by atoms with van der Waals surface area (Å²) in [6.45, 7) is 1.97. The minimum Gasteiger partial charge on any atom is -0.378 e. The van der Waals surface area contributed by atoms with Crippen molar-refractivity contribution in [2.75, 3.05) is 6.61 Å². The van der Waals surface area contributed by atoms with Crippen molar-refractivity contribution in [3.63, 3.8) is 0 Å². The molecule has 3 nitrogen and oxygen atoms in total. The van der Waals surface area contributed by atoms with Gasteiger partial charge in [-0.1, -0.05) is 54.1 Å². The zero-order valence-electron chi connectivity index (χ0n) is 11.1. The molecular weight excluding hydrogens is 295 g/mol. The van der Waals surface area contributed by atoms with Crippen LogP contribution < -0.4 is 5.30 Å². The Labute approximate surface area is 123 Å². The van der Waals surface area contributed by atoms with E-state index >= 15 is 0 Å². The first-order valence-electron chi connectivity index (χ1n) is 6.32. The van der Waals surface area contributed by atoms with E-state index in [-0.39, 0.29) is 6.61 Å². The minimum atomic E-state index is -3.50. The summed E-state index contributed by atoms with van der Waals surface area (Å²) >= 11 is 6.11. The van der Waals surface area contributed by atoms with Gasteiger partial charge in [-0.15, -0.1) is 0 Å². The van der Waals surface area contributed by atoms with Crippen LogP contribution in [0.2, 0.25) is 5.02 Å². The molecule has 0 radical (unpaired) electrons. The lowest BCUT2D eigenvalue weighted by atomic mass is 10.2. The lowest BCUT2D eigenvalue weighted by molar-refractivity contribution is 0.218. The van der Waals surface area contributed by atoms with E-state index in [1.165, 1.54) is 0 Å². The van der Waals surface area contributed by atoms with Gasteiger partial charge in [-0.05, 0) is 24.6 Å². The van der Waals surface area contributed by atoms with Crippen molar-refractivity contribution in [2.24, 2.45) is 0 Å². The molecule has 0 spiro atoms. The highest BCUT2D eigenvalue weighted by atomic mass is 35.5. The van der Waals surface area contributed by atoms with E-state index in [2.05, 4.69) is 0 Å². The molecule has 2 aromatic rings. The molecule has 2 atom stereocenters. The zero-order valence-corrected chi connectivity index (χ0v) is 12.7. The molecule has 0 saturated carbocycles. The largest absolute Gasteiger partial charge is 0.378 e. The molecule has 0 aliphatic rings.